The Morgan fingerprint density at radius 3 is 2.51 bits per heavy atom. The smallest absolute Gasteiger partial charge is 0.410 e. The summed E-state index contributed by atoms with van der Waals surface area (Å²) in [5.41, 5.74) is 3.86. The Labute approximate surface area is 216 Å². The van der Waals surface area contributed by atoms with Crippen molar-refractivity contribution in [1.29, 1.82) is 0 Å². The number of carbonyl (C=O) groups is 1. The summed E-state index contributed by atoms with van der Waals surface area (Å²) in [5, 5.41) is 0. The number of oxazole rings is 1. The van der Waals surface area contributed by atoms with Gasteiger partial charge in [-0.05, 0) is 57.0 Å². The molecule has 0 saturated heterocycles. The first-order valence-corrected chi connectivity index (χ1v) is 12.2. The van der Waals surface area contributed by atoms with Crippen molar-refractivity contribution in [3.63, 3.8) is 0 Å². The van der Waals surface area contributed by atoms with E-state index in [0.29, 0.717) is 37.8 Å². The minimum atomic E-state index is -0.606. The number of methoxy groups -OCH3 is 1. The zero-order chi connectivity index (χ0) is 26.6. The Morgan fingerprint density at radius 1 is 1.11 bits per heavy atom. The van der Waals surface area contributed by atoms with Crippen LogP contribution in [0.5, 0.6) is 5.75 Å². The Kier molecular flexibility index (Phi) is 7.69. The maximum atomic E-state index is 12.8. The number of carbonyl (C=O) groups excluding carboxylic acids is 2. The van der Waals surface area contributed by atoms with E-state index in [1.54, 1.807) is 4.90 Å². The van der Waals surface area contributed by atoms with Gasteiger partial charge in [0, 0.05) is 24.0 Å². The summed E-state index contributed by atoms with van der Waals surface area (Å²) in [6, 6.07) is 13.5. The number of aromatic nitrogens is 1. The van der Waals surface area contributed by atoms with E-state index in [4.69, 9.17) is 18.6 Å². The highest BCUT2D eigenvalue weighted by atomic mass is 16.6. The molecule has 0 bridgehead atoms. The van der Waals surface area contributed by atoms with Gasteiger partial charge in [-0.25, -0.2) is 14.6 Å². The van der Waals surface area contributed by atoms with Crippen LogP contribution in [0.2, 0.25) is 0 Å². The molecular formula is C29H32N2O6. The number of hydrogen-bond acceptors (Lipinski definition) is 7. The van der Waals surface area contributed by atoms with Crippen LogP contribution in [-0.4, -0.2) is 41.2 Å². The van der Waals surface area contributed by atoms with Crippen LogP contribution in [0.4, 0.5) is 4.79 Å². The van der Waals surface area contributed by atoms with Crippen molar-refractivity contribution < 1.29 is 28.2 Å². The highest BCUT2D eigenvalue weighted by Gasteiger charge is 2.31. The fourth-order valence-corrected chi connectivity index (χ4v) is 4.23. The van der Waals surface area contributed by atoms with Gasteiger partial charge in [0.2, 0.25) is 5.89 Å². The zero-order valence-corrected chi connectivity index (χ0v) is 21.9. The van der Waals surface area contributed by atoms with E-state index in [1.807, 2.05) is 76.1 Å². The Bertz CT molecular complexity index is 1320. The van der Waals surface area contributed by atoms with Crippen molar-refractivity contribution in [2.45, 2.75) is 59.2 Å². The third-order valence-corrected chi connectivity index (χ3v) is 6.06. The number of allylic oxidation sites excluding steroid dienone is 1. The average Bonchev–Trinajstić information content (AvgIpc) is 3.48. The maximum absolute atomic E-state index is 12.8. The molecule has 37 heavy (non-hydrogen) atoms. The zero-order valence-electron chi connectivity index (χ0n) is 21.9. The third kappa shape index (κ3) is 6.22. The van der Waals surface area contributed by atoms with Gasteiger partial charge >= 0.3 is 6.09 Å². The second kappa shape index (κ2) is 10.9. The molecule has 3 aromatic rings. The van der Waals surface area contributed by atoms with E-state index in [2.05, 4.69) is 4.98 Å². The molecule has 1 aliphatic heterocycles. The van der Waals surface area contributed by atoms with Crippen molar-refractivity contribution in [1.82, 2.24) is 9.88 Å². The second-order valence-corrected chi connectivity index (χ2v) is 9.91. The molecule has 194 valence electrons. The molecule has 1 aliphatic rings. The summed E-state index contributed by atoms with van der Waals surface area (Å²) in [6.45, 7) is 8.50. The fourth-order valence-electron chi connectivity index (χ4n) is 4.23. The molecule has 2 heterocycles. The van der Waals surface area contributed by atoms with Gasteiger partial charge in [-0.1, -0.05) is 24.3 Å². The minimum absolute atomic E-state index is 0.197. The summed E-state index contributed by atoms with van der Waals surface area (Å²) < 4.78 is 22.8. The molecule has 2 aromatic carbocycles. The number of benzene rings is 2. The highest BCUT2D eigenvalue weighted by Crippen LogP contribution is 2.35. The van der Waals surface area contributed by atoms with Gasteiger partial charge in [0.1, 0.15) is 17.1 Å². The SMILES string of the molecule is COC(=C=O)Cc1ccc(OCCc2nc(-c3ccccc3)oc2C)c2c1CN(C(=O)OC(C)(C)C)C2. The molecule has 0 N–H and O–H groups in total. The fraction of sp³-hybridized carbons (Fsp3) is 0.379. The van der Waals surface area contributed by atoms with E-state index in [0.717, 1.165) is 33.7 Å². The molecule has 1 aromatic heterocycles. The molecular weight excluding hydrogens is 472 g/mol. The maximum Gasteiger partial charge on any atom is 0.410 e. The lowest BCUT2D eigenvalue weighted by atomic mass is 9.99. The van der Waals surface area contributed by atoms with Crippen LogP contribution >= 0.6 is 0 Å². The first-order chi connectivity index (χ1) is 17.7. The summed E-state index contributed by atoms with van der Waals surface area (Å²) in [5.74, 6) is 4.06. The molecule has 1 amide bonds. The van der Waals surface area contributed by atoms with Crippen molar-refractivity contribution >= 4 is 12.0 Å². The summed E-state index contributed by atoms with van der Waals surface area (Å²) >= 11 is 0. The largest absolute Gasteiger partial charge is 0.493 e. The van der Waals surface area contributed by atoms with Crippen LogP contribution in [0.25, 0.3) is 11.5 Å². The average molecular weight is 505 g/mol. The van der Waals surface area contributed by atoms with Crippen LogP contribution in [-0.2, 0) is 40.2 Å². The number of rotatable bonds is 8. The van der Waals surface area contributed by atoms with E-state index < -0.39 is 11.7 Å². The van der Waals surface area contributed by atoms with Gasteiger partial charge in [0.25, 0.3) is 0 Å². The molecule has 0 unspecified atom stereocenters. The number of amides is 1. The first-order valence-electron chi connectivity index (χ1n) is 12.2. The van der Waals surface area contributed by atoms with Crippen LogP contribution in [0.3, 0.4) is 0 Å². The van der Waals surface area contributed by atoms with Crippen LogP contribution in [0.1, 0.15) is 48.9 Å². The van der Waals surface area contributed by atoms with Gasteiger partial charge < -0.3 is 18.6 Å². The summed E-state index contributed by atoms with van der Waals surface area (Å²) in [6.07, 6.45) is 0.451. The second-order valence-electron chi connectivity index (χ2n) is 9.91. The molecule has 0 spiro atoms. The third-order valence-electron chi connectivity index (χ3n) is 6.06. The Hall–Kier alpha value is -4.03. The molecule has 0 radical (unpaired) electrons. The van der Waals surface area contributed by atoms with Crippen molar-refractivity contribution in [2.24, 2.45) is 0 Å². The number of nitrogens with zero attached hydrogens (tertiary/aromatic N) is 2. The van der Waals surface area contributed by atoms with Gasteiger partial charge in [-0.3, -0.25) is 4.90 Å². The predicted molar refractivity (Wildman–Crippen MR) is 138 cm³/mol. The molecule has 0 aliphatic carbocycles. The monoisotopic (exact) mass is 504 g/mol. The van der Waals surface area contributed by atoms with Gasteiger partial charge in [0.05, 0.1) is 32.5 Å². The standard InChI is InChI=1S/C29H32N2O6/c1-19-25(30-27(36-19)20-9-7-6-8-10-20)13-14-35-26-12-11-21(15-22(18-32)34-5)23-16-31(17-24(23)26)28(33)37-29(2,3)4/h6-12H,13-17H2,1-5H3. The van der Waals surface area contributed by atoms with Gasteiger partial charge in [-0.15, -0.1) is 0 Å². The predicted octanol–water partition coefficient (Wildman–Crippen LogP) is 5.43. The minimum Gasteiger partial charge on any atom is -0.493 e. The van der Waals surface area contributed by atoms with Crippen molar-refractivity contribution in [2.75, 3.05) is 13.7 Å². The van der Waals surface area contributed by atoms with E-state index in [-0.39, 0.29) is 12.2 Å². The molecule has 0 atom stereocenters. The van der Waals surface area contributed by atoms with E-state index >= 15 is 0 Å². The molecule has 8 nitrogen and oxygen atoms in total. The quantitative estimate of drug-likeness (QED) is 0.299. The van der Waals surface area contributed by atoms with E-state index in [1.165, 1.54) is 7.11 Å². The van der Waals surface area contributed by atoms with Gasteiger partial charge in [0.15, 0.2) is 11.7 Å². The van der Waals surface area contributed by atoms with Crippen LogP contribution < -0.4 is 4.74 Å². The molecule has 4 rings (SSSR count). The lowest BCUT2D eigenvalue weighted by Crippen LogP contribution is -2.33. The van der Waals surface area contributed by atoms with E-state index in [9.17, 15) is 9.59 Å². The van der Waals surface area contributed by atoms with Crippen molar-refractivity contribution in [3.8, 4) is 17.2 Å². The Balaban J connectivity index is 1.51. The number of aryl methyl sites for hydroxylation is 1. The van der Waals surface area contributed by atoms with Gasteiger partial charge in [-0.2, -0.15) is 0 Å². The summed E-state index contributed by atoms with van der Waals surface area (Å²) in [7, 11) is 1.44. The first kappa shape index (κ1) is 26.0. The topological polar surface area (TPSA) is 91.1 Å². The molecule has 0 saturated carbocycles. The number of hydrogen-bond donors (Lipinski definition) is 0. The normalized spacial score (nSPS) is 12.6. The number of ether oxygens (including phenoxy) is 3. The lowest BCUT2D eigenvalue weighted by Gasteiger charge is -2.24. The Morgan fingerprint density at radius 2 is 1.84 bits per heavy atom. The van der Waals surface area contributed by atoms with Crippen LogP contribution in [0, 0.1) is 6.92 Å². The van der Waals surface area contributed by atoms with Crippen molar-refractivity contribution in [3.05, 3.63) is 76.4 Å². The molecule has 8 heteroatoms. The molecule has 0 fully saturated rings. The summed E-state index contributed by atoms with van der Waals surface area (Å²) in [4.78, 5) is 30.3. The van der Waals surface area contributed by atoms with Crippen LogP contribution in [0.15, 0.2) is 52.6 Å². The lowest BCUT2D eigenvalue weighted by molar-refractivity contribution is 0.0241. The number of fused-ring (bicyclic) bond motifs is 1. The highest BCUT2D eigenvalue weighted by molar-refractivity contribution is 5.70.